The molecule has 0 unspecified atom stereocenters. The van der Waals surface area contributed by atoms with E-state index in [0.717, 1.165) is 11.0 Å². The van der Waals surface area contributed by atoms with Crippen LogP contribution >= 0.6 is 0 Å². The first-order chi connectivity index (χ1) is 8.52. The Morgan fingerprint density at radius 1 is 1.44 bits per heavy atom. The van der Waals surface area contributed by atoms with Gasteiger partial charge in [-0.1, -0.05) is 13.0 Å². The van der Waals surface area contributed by atoms with Crippen LogP contribution in [0.3, 0.4) is 0 Å². The van der Waals surface area contributed by atoms with Crippen molar-refractivity contribution in [3.05, 3.63) is 34.9 Å². The highest BCUT2D eigenvalue weighted by Gasteiger charge is 2.23. The first kappa shape index (κ1) is 14.1. The maximum Gasteiger partial charge on any atom is 0.260 e. The van der Waals surface area contributed by atoms with Crippen LogP contribution in [0.15, 0.2) is 12.1 Å². The molecule has 5 heteroatoms. The molecule has 1 amide bonds. The molecule has 0 N–H and O–H groups in total. The lowest BCUT2D eigenvalue weighted by atomic mass is 10.1. The van der Waals surface area contributed by atoms with Crippen LogP contribution in [-0.2, 0) is 0 Å². The number of nitriles is 1. The van der Waals surface area contributed by atoms with Gasteiger partial charge in [0.15, 0.2) is 0 Å². The summed E-state index contributed by atoms with van der Waals surface area (Å²) in [5.41, 5.74) is -0.383. The number of hydrogen-bond donors (Lipinski definition) is 0. The minimum atomic E-state index is -0.901. The first-order valence-electron chi connectivity index (χ1n) is 5.63. The van der Waals surface area contributed by atoms with Crippen molar-refractivity contribution in [2.24, 2.45) is 0 Å². The highest BCUT2D eigenvalue weighted by atomic mass is 19.1. The summed E-state index contributed by atoms with van der Waals surface area (Å²) < 4.78 is 27.3. The van der Waals surface area contributed by atoms with Gasteiger partial charge in [-0.2, -0.15) is 5.26 Å². The number of rotatable bonds is 4. The average molecular weight is 252 g/mol. The molecule has 1 aromatic carbocycles. The second kappa shape index (κ2) is 6.10. The third-order valence-corrected chi connectivity index (χ3v) is 2.54. The lowest BCUT2D eigenvalue weighted by Gasteiger charge is -2.19. The molecule has 0 aromatic heterocycles. The highest BCUT2D eigenvalue weighted by molar-refractivity contribution is 5.95. The van der Waals surface area contributed by atoms with Gasteiger partial charge >= 0.3 is 0 Å². The molecule has 0 aliphatic carbocycles. The number of benzene rings is 1. The van der Waals surface area contributed by atoms with E-state index in [2.05, 4.69) is 0 Å². The molecule has 0 aliphatic rings. The minimum Gasteiger partial charge on any atom is -0.325 e. The summed E-state index contributed by atoms with van der Waals surface area (Å²) in [7, 11) is 0. The van der Waals surface area contributed by atoms with Gasteiger partial charge in [0.25, 0.3) is 5.91 Å². The Morgan fingerprint density at radius 2 is 2.11 bits per heavy atom. The molecule has 3 nitrogen and oxygen atoms in total. The van der Waals surface area contributed by atoms with Gasteiger partial charge in [0.2, 0.25) is 0 Å². The van der Waals surface area contributed by atoms with Crippen molar-refractivity contribution in [2.45, 2.75) is 20.3 Å². The molecule has 0 radical (unpaired) electrons. The van der Waals surface area contributed by atoms with Gasteiger partial charge in [-0.05, 0) is 25.0 Å². The third-order valence-electron chi connectivity index (χ3n) is 2.54. The summed E-state index contributed by atoms with van der Waals surface area (Å²) >= 11 is 0. The van der Waals surface area contributed by atoms with E-state index in [9.17, 15) is 13.6 Å². The van der Waals surface area contributed by atoms with E-state index in [4.69, 9.17) is 5.26 Å². The van der Waals surface area contributed by atoms with Crippen molar-refractivity contribution in [3.63, 3.8) is 0 Å². The van der Waals surface area contributed by atoms with Gasteiger partial charge in [-0.3, -0.25) is 4.79 Å². The van der Waals surface area contributed by atoms with E-state index in [1.807, 2.05) is 13.0 Å². The van der Waals surface area contributed by atoms with E-state index in [-0.39, 0.29) is 12.1 Å². The molecule has 0 saturated carbocycles. The molecular weight excluding hydrogens is 238 g/mol. The molecule has 0 fully saturated rings. The van der Waals surface area contributed by atoms with Crippen molar-refractivity contribution in [2.75, 3.05) is 13.1 Å². The van der Waals surface area contributed by atoms with Crippen molar-refractivity contribution < 1.29 is 13.6 Å². The topological polar surface area (TPSA) is 44.1 Å². The zero-order valence-electron chi connectivity index (χ0n) is 10.3. The number of nitrogens with zero attached hydrogens (tertiary/aromatic N) is 2. The molecule has 0 spiro atoms. The molecule has 0 aliphatic heterocycles. The number of halogens is 2. The fourth-order valence-electron chi connectivity index (χ4n) is 1.62. The van der Waals surface area contributed by atoms with Crippen LogP contribution in [0.4, 0.5) is 8.78 Å². The molecule has 0 saturated heterocycles. The Bertz CT molecular complexity index is 494. The van der Waals surface area contributed by atoms with E-state index in [1.54, 1.807) is 0 Å². The maximum atomic E-state index is 13.8. The first-order valence-corrected chi connectivity index (χ1v) is 5.63. The lowest BCUT2D eigenvalue weighted by molar-refractivity contribution is 0.0766. The summed E-state index contributed by atoms with van der Waals surface area (Å²) in [5, 5.41) is 8.62. The van der Waals surface area contributed by atoms with Crippen molar-refractivity contribution in [3.8, 4) is 6.07 Å². The third kappa shape index (κ3) is 2.83. The van der Waals surface area contributed by atoms with Gasteiger partial charge in [-0.15, -0.1) is 0 Å². The standard InChI is InChI=1S/C13H14F2N2O/c1-3-7-17(8-6-16)13(18)11-10(14)5-4-9(2)12(11)15/h4-5H,3,7-8H2,1-2H3. The zero-order chi connectivity index (χ0) is 13.7. The monoisotopic (exact) mass is 252 g/mol. The van der Waals surface area contributed by atoms with Crippen LogP contribution in [0, 0.1) is 29.9 Å². The van der Waals surface area contributed by atoms with Crippen LogP contribution in [-0.4, -0.2) is 23.9 Å². The summed E-state index contributed by atoms with van der Waals surface area (Å²) in [5.74, 6) is -2.54. The summed E-state index contributed by atoms with van der Waals surface area (Å²) in [6, 6.07) is 4.15. The Hall–Kier alpha value is -1.96. The summed E-state index contributed by atoms with van der Waals surface area (Å²) in [4.78, 5) is 13.2. The molecule has 0 atom stereocenters. The second-order valence-corrected chi connectivity index (χ2v) is 3.94. The van der Waals surface area contributed by atoms with Gasteiger partial charge in [0.05, 0.1) is 6.07 Å². The largest absolute Gasteiger partial charge is 0.325 e. The molecular formula is C13H14F2N2O. The Kier molecular flexibility index (Phi) is 4.78. The Labute approximate surface area is 105 Å². The lowest BCUT2D eigenvalue weighted by Crippen LogP contribution is -2.33. The molecule has 96 valence electrons. The van der Waals surface area contributed by atoms with E-state index in [1.165, 1.54) is 13.0 Å². The van der Waals surface area contributed by atoms with Crippen LogP contribution in [0.1, 0.15) is 29.3 Å². The summed E-state index contributed by atoms with van der Waals surface area (Å²) in [6.07, 6.45) is 0.614. The van der Waals surface area contributed by atoms with E-state index < -0.39 is 23.1 Å². The minimum absolute atomic E-state index is 0.181. The second-order valence-electron chi connectivity index (χ2n) is 3.94. The molecule has 1 aromatic rings. The Balaban J connectivity index is 3.16. The fourth-order valence-corrected chi connectivity index (χ4v) is 1.62. The molecule has 0 bridgehead atoms. The Morgan fingerprint density at radius 3 is 2.67 bits per heavy atom. The number of aryl methyl sites for hydroxylation is 1. The van der Waals surface area contributed by atoms with E-state index in [0.29, 0.717) is 13.0 Å². The normalized spacial score (nSPS) is 9.94. The van der Waals surface area contributed by atoms with Crippen LogP contribution in [0.2, 0.25) is 0 Å². The number of amides is 1. The molecule has 0 heterocycles. The van der Waals surface area contributed by atoms with E-state index >= 15 is 0 Å². The van der Waals surface area contributed by atoms with Crippen LogP contribution in [0.5, 0.6) is 0 Å². The molecule has 18 heavy (non-hydrogen) atoms. The predicted molar refractivity (Wildman–Crippen MR) is 62.9 cm³/mol. The van der Waals surface area contributed by atoms with Crippen LogP contribution < -0.4 is 0 Å². The van der Waals surface area contributed by atoms with Gasteiger partial charge < -0.3 is 4.90 Å². The van der Waals surface area contributed by atoms with Gasteiger partial charge in [0, 0.05) is 6.54 Å². The average Bonchev–Trinajstić information content (AvgIpc) is 2.34. The highest BCUT2D eigenvalue weighted by Crippen LogP contribution is 2.18. The quantitative estimate of drug-likeness (QED) is 0.773. The van der Waals surface area contributed by atoms with Gasteiger partial charge in [0.1, 0.15) is 23.7 Å². The zero-order valence-corrected chi connectivity index (χ0v) is 10.3. The smallest absolute Gasteiger partial charge is 0.260 e. The number of hydrogen-bond acceptors (Lipinski definition) is 2. The van der Waals surface area contributed by atoms with Crippen molar-refractivity contribution in [1.82, 2.24) is 4.90 Å². The number of carbonyl (C=O) groups is 1. The summed E-state index contributed by atoms with van der Waals surface area (Å²) in [6.45, 7) is 3.39. The van der Waals surface area contributed by atoms with Crippen molar-refractivity contribution >= 4 is 5.91 Å². The predicted octanol–water partition coefficient (Wildman–Crippen LogP) is 2.65. The number of carbonyl (C=O) groups excluding carboxylic acids is 1. The maximum absolute atomic E-state index is 13.8. The van der Waals surface area contributed by atoms with Gasteiger partial charge in [-0.25, -0.2) is 8.78 Å². The fraction of sp³-hybridized carbons (Fsp3) is 0.385. The van der Waals surface area contributed by atoms with Crippen LogP contribution in [0.25, 0.3) is 0 Å². The van der Waals surface area contributed by atoms with Crippen molar-refractivity contribution in [1.29, 1.82) is 5.26 Å². The molecule has 1 rings (SSSR count). The SMILES string of the molecule is CCCN(CC#N)C(=O)c1c(F)ccc(C)c1F.